The first-order chi connectivity index (χ1) is 12.0. The Bertz CT molecular complexity index is 786. The smallest absolute Gasteiger partial charge is 0.258 e. The van der Waals surface area contributed by atoms with E-state index >= 15 is 0 Å². The molecule has 0 bridgehead atoms. The molecular weight excluding hydrogens is 340 g/mol. The molecule has 1 N–H and O–H groups in total. The third-order valence-electron chi connectivity index (χ3n) is 3.46. The molecule has 5 nitrogen and oxygen atoms in total. The minimum absolute atomic E-state index is 0.156. The van der Waals surface area contributed by atoms with Gasteiger partial charge in [-0.15, -0.1) is 0 Å². The van der Waals surface area contributed by atoms with Gasteiger partial charge in [0.1, 0.15) is 0 Å². The lowest BCUT2D eigenvalue weighted by Gasteiger charge is -2.16. The second kappa shape index (κ2) is 8.95. The normalized spacial score (nSPS) is 11.3. The van der Waals surface area contributed by atoms with Gasteiger partial charge in [0.15, 0.2) is 18.1 Å². The molecule has 2 aromatic rings. The first kappa shape index (κ1) is 18.6. The monoisotopic (exact) mass is 358 g/mol. The van der Waals surface area contributed by atoms with Crippen LogP contribution in [-0.2, 0) is 4.79 Å². The number of benzene rings is 2. The topological polar surface area (TPSA) is 71.3 Å². The molecule has 1 atom stereocenters. The van der Waals surface area contributed by atoms with Crippen molar-refractivity contribution in [1.82, 2.24) is 5.32 Å². The Morgan fingerprint density at radius 1 is 1.24 bits per heavy atom. The van der Waals surface area contributed by atoms with Gasteiger partial charge in [-0.05, 0) is 43.7 Å². The predicted octanol–water partition coefficient (Wildman–Crippen LogP) is 3.87. The molecule has 2 rings (SSSR count). The van der Waals surface area contributed by atoms with Crippen molar-refractivity contribution in [2.24, 2.45) is 0 Å². The molecule has 0 heterocycles. The number of amides is 1. The molecule has 0 aliphatic carbocycles. The van der Waals surface area contributed by atoms with Gasteiger partial charge in [-0.1, -0.05) is 23.7 Å². The van der Waals surface area contributed by atoms with Gasteiger partial charge in [0.2, 0.25) is 0 Å². The van der Waals surface area contributed by atoms with Gasteiger partial charge in [-0.2, -0.15) is 5.26 Å². The van der Waals surface area contributed by atoms with E-state index < -0.39 is 0 Å². The summed E-state index contributed by atoms with van der Waals surface area (Å²) in [4.78, 5) is 12.1. The molecule has 1 amide bonds. The average molecular weight is 359 g/mol. The highest BCUT2D eigenvalue weighted by molar-refractivity contribution is 6.30. The fraction of sp³-hybridized carbons (Fsp3) is 0.263. The number of hydrogen-bond acceptors (Lipinski definition) is 4. The summed E-state index contributed by atoms with van der Waals surface area (Å²) >= 11 is 5.96. The molecule has 0 aliphatic heterocycles. The Balaban J connectivity index is 1.97. The van der Waals surface area contributed by atoms with E-state index in [4.69, 9.17) is 26.3 Å². The molecule has 0 spiro atoms. The number of nitrogens with zero attached hydrogens (tertiary/aromatic N) is 1. The minimum Gasteiger partial charge on any atom is -0.490 e. The number of carbonyl (C=O) groups is 1. The zero-order valence-electron chi connectivity index (χ0n) is 14.1. The Hall–Kier alpha value is -2.71. The van der Waals surface area contributed by atoms with E-state index in [9.17, 15) is 4.79 Å². The maximum Gasteiger partial charge on any atom is 0.258 e. The van der Waals surface area contributed by atoms with Gasteiger partial charge in [0, 0.05) is 11.1 Å². The van der Waals surface area contributed by atoms with Crippen molar-refractivity contribution in [1.29, 1.82) is 5.26 Å². The summed E-state index contributed by atoms with van der Waals surface area (Å²) in [5.41, 5.74) is 1.38. The van der Waals surface area contributed by atoms with Crippen LogP contribution in [0.5, 0.6) is 11.5 Å². The predicted molar refractivity (Wildman–Crippen MR) is 95.8 cm³/mol. The van der Waals surface area contributed by atoms with Gasteiger partial charge in [-0.25, -0.2) is 0 Å². The molecule has 0 unspecified atom stereocenters. The molecular formula is C19H19ClN2O3. The number of halogens is 1. The molecule has 0 aliphatic rings. The van der Waals surface area contributed by atoms with Crippen LogP contribution in [0.25, 0.3) is 0 Å². The SMILES string of the molecule is CCOc1cc(C#N)ccc1OCC(=O)N[C@H](C)c1cccc(Cl)c1. The standard InChI is InChI=1S/C19H19ClN2O3/c1-3-24-18-9-14(11-21)7-8-17(18)25-12-19(23)22-13(2)15-5-4-6-16(20)10-15/h4-10,13H,3,12H2,1-2H3,(H,22,23)/t13-/m1/s1. The average Bonchev–Trinajstić information content (AvgIpc) is 2.60. The van der Waals surface area contributed by atoms with Gasteiger partial charge < -0.3 is 14.8 Å². The van der Waals surface area contributed by atoms with Gasteiger partial charge in [-0.3, -0.25) is 4.79 Å². The summed E-state index contributed by atoms with van der Waals surface area (Å²) in [6, 6.07) is 14.0. The molecule has 0 aromatic heterocycles. The molecule has 6 heteroatoms. The Morgan fingerprint density at radius 2 is 2.04 bits per heavy atom. The van der Waals surface area contributed by atoms with Crippen molar-refractivity contribution in [2.45, 2.75) is 19.9 Å². The summed E-state index contributed by atoms with van der Waals surface area (Å²) in [6.07, 6.45) is 0. The minimum atomic E-state index is -0.265. The van der Waals surface area contributed by atoms with Crippen LogP contribution >= 0.6 is 11.6 Å². The van der Waals surface area contributed by atoms with Crippen molar-refractivity contribution in [3.63, 3.8) is 0 Å². The summed E-state index contributed by atoms with van der Waals surface area (Å²) in [5, 5.41) is 12.4. The van der Waals surface area contributed by atoms with Crippen molar-refractivity contribution >= 4 is 17.5 Å². The highest BCUT2D eigenvalue weighted by Gasteiger charge is 2.12. The summed E-state index contributed by atoms with van der Waals surface area (Å²) in [7, 11) is 0. The van der Waals surface area contributed by atoms with Crippen LogP contribution in [-0.4, -0.2) is 19.1 Å². The fourth-order valence-corrected chi connectivity index (χ4v) is 2.45. The number of ether oxygens (including phenoxy) is 2. The third-order valence-corrected chi connectivity index (χ3v) is 3.69. The number of hydrogen-bond donors (Lipinski definition) is 1. The number of rotatable bonds is 7. The summed E-state index contributed by atoms with van der Waals surface area (Å²) in [5.74, 6) is 0.600. The van der Waals surface area contributed by atoms with Gasteiger partial charge in [0.05, 0.1) is 24.3 Å². The van der Waals surface area contributed by atoms with E-state index in [1.807, 2.05) is 32.0 Å². The summed E-state index contributed by atoms with van der Waals surface area (Å²) < 4.78 is 11.0. The van der Waals surface area contributed by atoms with Crippen LogP contribution in [0.1, 0.15) is 31.0 Å². The Morgan fingerprint density at radius 3 is 2.72 bits per heavy atom. The zero-order chi connectivity index (χ0) is 18.2. The van der Waals surface area contributed by atoms with Crippen molar-refractivity contribution in [2.75, 3.05) is 13.2 Å². The molecule has 25 heavy (non-hydrogen) atoms. The van der Waals surface area contributed by atoms with Crippen LogP contribution in [0.4, 0.5) is 0 Å². The zero-order valence-corrected chi connectivity index (χ0v) is 14.8. The van der Waals surface area contributed by atoms with Crippen molar-refractivity contribution in [3.05, 3.63) is 58.6 Å². The molecule has 0 saturated carbocycles. The third kappa shape index (κ3) is 5.40. The van der Waals surface area contributed by atoms with Crippen molar-refractivity contribution < 1.29 is 14.3 Å². The quantitative estimate of drug-likeness (QED) is 0.815. The molecule has 0 radical (unpaired) electrons. The molecule has 0 fully saturated rings. The van der Waals surface area contributed by atoms with Crippen LogP contribution < -0.4 is 14.8 Å². The number of nitrogens with one attached hydrogen (secondary N) is 1. The largest absolute Gasteiger partial charge is 0.490 e. The highest BCUT2D eigenvalue weighted by atomic mass is 35.5. The lowest BCUT2D eigenvalue weighted by Crippen LogP contribution is -2.31. The van der Waals surface area contributed by atoms with Gasteiger partial charge in [0.25, 0.3) is 5.91 Å². The van der Waals surface area contributed by atoms with E-state index in [2.05, 4.69) is 5.32 Å². The Labute approximate surface area is 152 Å². The maximum atomic E-state index is 12.1. The first-order valence-corrected chi connectivity index (χ1v) is 8.26. The molecule has 2 aromatic carbocycles. The van der Waals surface area contributed by atoms with Crippen LogP contribution in [0.15, 0.2) is 42.5 Å². The molecule has 130 valence electrons. The lowest BCUT2D eigenvalue weighted by molar-refractivity contribution is -0.123. The van der Waals surface area contributed by atoms with Crippen LogP contribution in [0.2, 0.25) is 5.02 Å². The van der Waals surface area contributed by atoms with E-state index in [-0.39, 0.29) is 18.6 Å². The van der Waals surface area contributed by atoms with E-state index in [0.717, 1.165) is 5.56 Å². The Kier molecular flexibility index (Phi) is 6.67. The number of carbonyl (C=O) groups excluding carboxylic acids is 1. The van der Waals surface area contributed by atoms with E-state index in [0.29, 0.717) is 28.7 Å². The van der Waals surface area contributed by atoms with Crippen LogP contribution in [0, 0.1) is 11.3 Å². The van der Waals surface area contributed by atoms with Crippen molar-refractivity contribution in [3.8, 4) is 17.6 Å². The highest BCUT2D eigenvalue weighted by Crippen LogP contribution is 2.28. The van der Waals surface area contributed by atoms with E-state index in [1.165, 1.54) is 0 Å². The first-order valence-electron chi connectivity index (χ1n) is 7.88. The van der Waals surface area contributed by atoms with Gasteiger partial charge >= 0.3 is 0 Å². The lowest BCUT2D eigenvalue weighted by atomic mass is 10.1. The summed E-state index contributed by atoms with van der Waals surface area (Å²) in [6.45, 7) is 3.99. The second-order valence-electron chi connectivity index (χ2n) is 5.34. The maximum absolute atomic E-state index is 12.1. The molecule has 0 saturated heterocycles. The van der Waals surface area contributed by atoms with E-state index in [1.54, 1.807) is 30.3 Å². The number of nitriles is 1. The second-order valence-corrected chi connectivity index (χ2v) is 5.78. The fourth-order valence-electron chi connectivity index (χ4n) is 2.25. The van der Waals surface area contributed by atoms with Crippen LogP contribution in [0.3, 0.4) is 0 Å².